The molecule has 0 unspecified atom stereocenters. The van der Waals surface area contributed by atoms with Gasteiger partial charge in [-0.1, -0.05) is 25.1 Å². The smallest absolute Gasteiger partial charge is 0.274 e. The van der Waals surface area contributed by atoms with Crippen molar-refractivity contribution in [1.82, 2.24) is 9.97 Å². The predicted octanol–water partition coefficient (Wildman–Crippen LogP) is 4.17. The molecule has 6 heteroatoms. The molecule has 0 atom stereocenters. The number of anilines is 3. The summed E-state index contributed by atoms with van der Waals surface area (Å²) in [5.41, 5.74) is 2.69. The van der Waals surface area contributed by atoms with Crippen LogP contribution in [-0.4, -0.2) is 15.9 Å². The van der Waals surface area contributed by atoms with Crippen LogP contribution in [0.3, 0.4) is 0 Å². The Labute approximate surface area is 145 Å². The van der Waals surface area contributed by atoms with Gasteiger partial charge in [-0.3, -0.25) is 4.79 Å². The Morgan fingerprint density at radius 2 is 1.84 bits per heavy atom. The maximum atomic E-state index is 13.0. The van der Waals surface area contributed by atoms with E-state index in [0.717, 1.165) is 17.7 Å². The molecule has 3 aromatic rings. The summed E-state index contributed by atoms with van der Waals surface area (Å²) >= 11 is 0. The van der Waals surface area contributed by atoms with Crippen LogP contribution in [0.1, 0.15) is 23.0 Å². The minimum atomic E-state index is -0.325. The summed E-state index contributed by atoms with van der Waals surface area (Å²) in [4.78, 5) is 20.8. The van der Waals surface area contributed by atoms with Crippen LogP contribution in [0.2, 0.25) is 0 Å². The van der Waals surface area contributed by atoms with Crippen molar-refractivity contribution in [1.29, 1.82) is 0 Å². The maximum absolute atomic E-state index is 13.0. The van der Waals surface area contributed by atoms with E-state index in [1.807, 2.05) is 31.2 Å². The Hall–Kier alpha value is -3.28. The Kier molecular flexibility index (Phi) is 4.99. The first kappa shape index (κ1) is 16.6. The molecule has 1 heterocycles. The van der Waals surface area contributed by atoms with Crippen LogP contribution in [0.25, 0.3) is 0 Å². The molecule has 0 spiro atoms. The number of halogens is 1. The van der Waals surface area contributed by atoms with Crippen molar-refractivity contribution in [3.63, 3.8) is 0 Å². The third-order valence-electron chi connectivity index (χ3n) is 3.64. The van der Waals surface area contributed by atoms with E-state index in [0.29, 0.717) is 5.69 Å². The van der Waals surface area contributed by atoms with Crippen LogP contribution < -0.4 is 10.6 Å². The molecule has 0 fully saturated rings. The lowest BCUT2D eigenvalue weighted by Crippen LogP contribution is -2.15. The largest absolute Gasteiger partial charge is 0.324 e. The number of carbonyl (C=O) groups is 1. The first-order valence-corrected chi connectivity index (χ1v) is 7.90. The molecule has 3 rings (SSSR count). The lowest BCUT2D eigenvalue weighted by Gasteiger charge is -2.10. The van der Waals surface area contributed by atoms with Gasteiger partial charge in [0.2, 0.25) is 5.95 Å². The van der Waals surface area contributed by atoms with Crippen LogP contribution >= 0.6 is 0 Å². The summed E-state index contributed by atoms with van der Waals surface area (Å²) in [5.74, 6) is -0.373. The molecule has 1 aromatic heterocycles. The van der Waals surface area contributed by atoms with Gasteiger partial charge in [0.1, 0.15) is 11.5 Å². The van der Waals surface area contributed by atoms with Crippen molar-refractivity contribution in [2.45, 2.75) is 13.3 Å². The van der Waals surface area contributed by atoms with Crippen molar-refractivity contribution in [2.75, 3.05) is 10.6 Å². The van der Waals surface area contributed by atoms with Crippen LogP contribution in [0.5, 0.6) is 0 Å². The highest BCUT2D eigenvalue weighted by atomic mass is 19.1. The second kappa shape index (κ2) is 7.53. The summed E-state index contributed by atoms with van der Waals surface area (Å²) in [6.45, 7) is 2.03. The van der Waals surface area contributed by atoms with E-state index in [9.17, 15) is 9.18 Å². The molecular weight excluding hydrogens is 319 g/mol. The van der Waals surface area contributed by atoms with Gasteiger partial charge in [-0.15, -0.1) is 0 Å². The minimum Gasteiger partial charge on any atom is -0.324 e. The number of amides is 1. The SMILES string of the molecule is CCc1ccccc1NC(=O)c1ccnc(Nc2ccc(F)cc2)n1. The molecule has 2 N–H and O–H groups in total. The molecular formula is C19H17FN4O. The van der Waals surface area contributed by atoms with Crippen molar-refractivity contribution < 1.29 is 9.18 Å². The second-order valence-corrected chi connectivity index (χ2v) is 5.36. The second-order valence-electron chi connectivity index (χ2n) is 5.36. The summed E-state index contributed by atoms with van der Waals surface area (Å²) in [6, 6.07) is 15.0. The highest BCUT2D eigenvalue weighted by Crippen LogP contribution is 2.17. The van der Waals surface area contributed by atoms with E-state index in [-0.39, 0.29) is 23.4 Å². The van der Waals surface area contributed by atoms with Crippen molar-refractivity contribution in [3.8, 4) is 0 Å². The lowest BCUT2D eigenvalue weighted by molar-refractivity contribution is 0.102. The first-order valence-electron chi connectivity index (χ1n) is 7.90. The molecule has 2 aromatic carbocycles. The number of nitrogens with one attached hydrogen (secondary N) is 2. The van der Waals surface area contributed by atoms with E-state index in [1.165, 1.54) is 18.3 Å². The number of rotatable bonds is 5. The minimum absolute atomic E-state index is 0.241. The van der Waals surface area contributed by atoms with Gasteiger partial charge in [0.15, 0.2) is 0 Å². The first-order chi connectivity index (χ1) is 12.2. The highest BCUT2D eigenvalue weighted by Gasteiger charge is 2.11. The van der Waals surface area contributed by atoms with Gasteiger partial charge in [0.05, 0.1) is 0 Å². The Morgan fingerprint density at radius 1 is 1.08 bits per heavy atom. The summed E-state index contributed by atoms with van der Waals surface area (Å²) in [7, 11) is 0. The van der Waals surface area contributed by atoms with Gasteiger partial charge in [-0.25, -0.2) is 14.4 Å². The number of benzene rings is 2. The van der Waals surface area contributed by atoms with E-state index in [1.54, 1.807) is 18.2 Å². The summed E-state index contributed by atoms with van der Waals surface area (Å²) in [5, 5.41) is 5.81. The van der Waals surface area contributed by atoms with Crippen LogP contribution in [0.15, 0.2) is 60.8 Å². The van der Waals surface area contributed by atoms with Crippen LogP contribution in [0, 0.1) is 5.82 Å². The average Bonchev–Trinajstić information content (AvgIpc) is 2.64. The zero-order valence-electron chi connectivity index (χ0n) is 13.7. The van der Waals surface area contributed by atoms with Crippen molar-refractivity contribution in [2.24, 2.45) is 0 Å². The molecule has 25 heavy (non-hydrogen) atoms. The Bertz CT molecular complexity index is 881. The number of hydrogen-bond donors (Lipinski definition) is 2. The number of aromatic nitrogens is 2. The molecule has 0 aliphatic rings. The van der Waals surface area contributed by atoms with Crippen molar-refractivity contribution in [3.05, 3.63) is 77.9 Å². The van der Waals surface area contributed by atoms with Crippen molar-refractivity contribution >= 4 is 23.2 Å². The third-order valence-corrected chi connectivity index (χ3v) is 3.64. The Morgan fingerprint density at radius 3 is 2.60 bits per heavy atom. The van der Waals surface area contributed by atoms with Gasteiger partial charge >= 0.3 is 0 Å². The fraction of sp³-hybridized carbons (Fsp3) is 0.105. The number of para-hydroxylation sites is 1. The molecule has 0 radical (unpaired) electrons. The molecule has 0 aliphatic heterocycles. The molecule has 0 saturated heterocycles. The van der Waals surface area contributed by atoms with E-state index in [4.69, 9.17) is 0 Å². The normalized spacial score (nSPS) is 10.3. The summed E-state index contributed by atoms with van der Waals surface area (Å²) in [6.07, 6.45) is 2.32. The molecule has 1 amide bonds. The van der Waals surface area contributed by atoms with Crippen LogP contribution in [-0.2, 0) is 6.42 Å². The monoisotopic (exact) mass is 336 g/mol. The topological polar surface area (TPSA) is 66.9 Å². The highest BCUT2D eigenvalue weighted by molar-refractivity contribution is 6.03. The molecule has 0 saturated carbocycles. The quantitative estimate of drug-likeness (QED) is 0.734. The fourth-order valence-corrected chi connectivity index (χ4v) is 2.34. The van der Waals surface area contributed by atoms with Gasteiger partial charge in [0, 0.05) is 17.6 Å². The third kappa shape index (κ3) is 4.17. The number of aryl methyl sites for hydroxylation is 1. The Balaban J connectivity index is 1.76. The number of hydrogen-bond acceptors (Lipinski definition) is 4. The van der Waals surface area contributed by atoms with E-state index < -0.39 is 0 Å². The lowest BCUT2D eigenvalue weighted by atomic mass is 10.1. The molecule has 126 valence electrons. The zero-order valence-corrected chi connectivity index (χ0v) is 13.7. The number of nitrogens with zero attached hydrogens (tertiary/aromatic N) is 2. The van der Waals surface area contributed by atoms with Crippen LogP contribution in [0.4, 0.5) is 21.7 Å². The van der Waals surface area contributed by atoms with Gasteiger partial charge < -0.3 is 10.6 Å². The standard InChI is InChI=1S/C19H17FN4O/c1-2-13-5-3-4-6-16(13)23-18(25)17-11-12-21-19(24-17)22-15-9-7-14(20)8-10-15/h3-12H,2H2,1H3,(H,23,25)(H,21,22,24). The van der Waals surface area contributed by atoms with E-state index >= 15 is 0 Å². The van der Waals surface area contributed by atoms with E-state index in [2.05, 4.69) is 20.6 Å². The average molecular weight is 336 g/mol. The molecule has 5 nitrogen and oxygen atoms in total. The van der Waals surface area contributed by atoms with Gasteiger partial charge in [-0.05, 0) is 48.4 Å². The zero-order chi connectivity index (χ0) is 17.6. The maximum Gasteiger partial charge on any atom is 0.274 e. The molecule has 0 aliphatic carbocycles. The molecule has 0 bridgehead atoms. The summed E-state index contributed by atoms with van der Waals surface area (Å²) < 4.78 is 13.0. The fourth-order valence-electron chi connectivity index (χ4n) is 2.34. The number of carbonyl (C=O) groups excluding carboxylic acids is 1. The predicted molar refractivity (Wildman–Crippen MR) is 95.5 cm³/mol. The van der Waals surface area contributed by atoms with Gasteiger partial charge in [0.25, 0.3) is 5.91 Å². The van der Waals surface area contributed by atoms with Gasteiger partial charge in [-0.2, -0.15) is 0 Å².